The molecule has 0 saturated carbocycles. The number of hydrogen-bond acceptors (Lipinski definition) is 3. The number of likely N-dealkylation sites (N-methyl/N-ethyl adjacent to an activating group) is 1. The van der Waals surface area contributed by atoms with E-state index >= 15 is 0 Å². The Balaban J connectivity index is 1.83. The Morgan fingerprint density at radius 2 is 2.47 bits per heavy atom. The van der Waals surface area contributed by atoms with Crippen LogP contribution >= 0.6 is 0 Å². The molecule has 1 aliphatic rings. The van der Waals surface area contributed by atoms with Crippen molar-refractivity contribution in [3.8, 4) is 0 Å². The SMILES string of the molecule is CCn1nccc1CNC1CCN(C)C1. The molecule has 0 bridgehead atoms. The summed E-state index contributed by atoms with van der Waals surface area (Å²) in [5, 5.41) is 7.85. The van der Waals surface area contributed by atoms with Crippen LogP contribution in [0.5, 0.6) is 0 Å². The third-order valence-corrected chi connectivity index (χ3v) is 3.07. The van der Waals surface area contributed by atoms with Crippen LogP contribution in [0, 0.1) is 0 Å². The van der Waals surface area contributed by atoms with Crippen LogP contribution in [0.25, 0.3) is 0 Å². The molecule has 1 aliphatic heterocycles. The predicted octanol–water partition coefficient (Wildman–Crippen LogP) is 0.697. The summed E-state index contributed by atoms with van der Waals surface area (Å²) in [6.07, 6.45) is 3.14. The van der Waals surface area contributed by atoms with Gasteiger partial charge in [-0.15, -0.1) is 0 Å². The molecule has 1 saturated heterocycles. The minimum absolute atomic E-state index is 0.648. The number of nitrogens with one attached hydrogen (secondary N) is 1. The Morgan fingerprint density at radius 1 is 1.60 bits per heavy atom. The zero-order valence-electron chi connectivity index (χ0n) is 9.61. The van der Waals surface area contributed by atoms with Crippen molar-refractivity contribution in [2.75, 3.05) is 20.1 Å². The molecular weight excluding hydrogens is 188 g/mol. The van der Waals surface area contributed by atoms with E-state index in [2.05, 4.69) is 35.4 Å². The summed E-state index contributed by atoms with van der Waals surface area (Å²) in [4.78, 5) is 2.37. The van der Waals surface area contributed by atoms with Gasteiger partial charge in [-0.3, -0.25) is 4.68 Å². The van der Waals surface area contributed by atoms with E-state index in [1.54, 1.807) is 0 Å². The molecule has 0 aromatic carbocycles. The average molecular weight is 208 g/mol. The number of aromatic nitrogens is 2. The Hall–Kier alpha value is -0.870. The normalized spacial score (nSPS) is 22.4. The van der Waals surface area contributed by atoms with Gasteiger partial charge in [-0.25, -0.2) is 0 Å². The van der Waals surface area contributed by atoms with E-state index in [1.807, 2.05) is 10.9 Å². The fourth-order valence-electron chi connectivity index (χ4n) is 2.15. The molecule has 1 aromatic rings. The maximum Gasteiger partial charge on any atom is 0.0522 e. The van der Waals surface area contributed by atoms with Gasteiger partial charge >= 0.3 is 0 Å². The van der Waals surface area contributed by atoms with Crippen LogP contribution in [0.1, 0.15) is 19.0 Å². The minimum atomic E-state index is 0.648. The Morgan fingerprint density at radius 3 is 3.13 bits per heavy atom. The first-order valence-electron chi connectivity index (χ1n) is 5.72. The molecule has 0 aliphatic carbocycles. The Labute approximate surface area is 91.3 Å². The highest BCUT2D eigenvalue weighted by Gasteiger charge is 2.18. The number of nitrogens with zero attached hydrogens (tertiary/aromatic N) is 3. The van der Waals surface area contributed by atoms with Crippen LogP contribution in [0.15, 0.2) is 12.3 Å². The van der Waals surface area contributed by atoms with Crippen molar-refractivity contribution >= 4 is 0 Å². The van der Waals surface area contributed by atoms with E-state index in [1.165, 1.54) is 25.2 Å². The maximum absolute atomic E-state index is 4.26. The molecule has 1 atom stereocenters. The fraction of sp³-hybridized carbons (Fsp3) is 0.727. The summed E-state index contributed by atoms with van der Waals surface area (Å²) in [7, 11) is 2.18. The second-order valence-corrected chi connectivity index (χ2v) is 4.27. The van der Waals surface area contributed by atoms with Gasteiger partial charge < -0.3 is 10.2 Å². The quantitative estimate of drug-likeness (QED) is 0.790. The van der Waals surface area contributed by atoms with Crippen molar-refractivity contribution in [3.05, 3.63) is 18.0 Å². The summed E-state index contributed by atoms with van der Waals surface area (Å²) in [5.74, 6) is 0. The van der Waals surface area contributed by atoms with E-state index in [9.17, 15) is 0 Å². The highest BCUT2D eigenvalue weighted by Crippen LogP contribution is 2.07. The molecule has 0 amide bonds. The van der Waals surface area contributed by atoms with Gasteiger partial charge in [-0.05, 0) is 33.0 Å². The fourth-order valence-corrected chi connectivity index (χ4v) is 2.15. The van der Waals surface area contributed by atoms with Crippen molar-refractivity contribution < 1.29 is 0 Å². The van der Waals surface area contributed by atoms with Gasteiger partial charge in [0.15, 0.2) is 0 Å². The third-order valence-electron chi connectivity index (χ3n) is 3.07. The monoisotopic (exact) mass is 208 g/mol. The van der Waals surface area contributed by atoms with Gasteiger partial charge in [-0.2, -0.15) is 5.10 Å². The summed E-state index contributed by atoms with van der Waals surface area (Å²) in [5.41, 5.74) is 1.28. The smallest absolute Gasteiger partial charge is 0.0522 e. The molecule has 0 spiro atoms. The van der Waals surface area contributed by atoms with Crippen molar-refractivity contribution in [3.63, 3.8) is 0 Å². The molecule has 2 heterocycles. The number of likely N-dealkylation sites (tertiary alicyclic amines) is 1. The van der Waals surface area contributed by atoms with Gasteiger partial charge in [0.1, 0.15) is 0 Å². The standard InChI is InChI=1S/C11H20N4/c1-3-15-11(4-6-13-15)8-12-10-5-7-14(2)9-10/h4,6,10,12H,3,5,7-9H2,1-2H3. The van der Waals surface area contributed by atoms with Crippen LogP contribution in [0.3, 0.4) is 0 Å². The summed E-state index contributed by atoms with van der Waals surface area (Å²) in [6.45, 7) is 6.39. The Kier molecular flexibility index (Phi) is 3.38. The topological polar surface area (TPSA) is 33.1 Å². The number of hydrogen-bond donors (Lipinski definition) is 1. The largest absolute Gasteiger partial charge is 0.307 e. The molecular formula is C11H20N4. The van der Waals surface area contributed by atoms with Gasteiger partial charge in [0.2, 0.25) is 0 Å². The molecule has 2 rings (SSSR count). The van der Waals surface area contributed by atoms with Gasteiger partial charge in [-0.1, -0.05) is 0 Å². The second-order valence-electron chi connectivity index (χ2n) is 4.27. The van der Waals surface area contributed by atoms with Crippen LogP contribution in [-0.4, -0.2) is 40.9 Å². The van der Waals surface area contributed by atoms with Crippen molar-refractivity contribution in [2.24, 2.45) is 0 Å². The highest BCUT2D eigenvalue weighted by molar-refractivity contribution is 5.00. The molecule has 15 heavy (non-hydrogen) atoms. The molecule has 1 unspecified atom stereocenters. The summed E-state index contributed by atoms with van der Waals surface area (Å²) < 4.78 is 2.05. The van der Waals surface area contributed by atoms with Crippen molar-refractivity contribution in [1.29, 1.82) is 0 Å². The summed E-state index contributed by atoms with van der Waals surface area (Å²) in [6, 6.07) is 2.74. The molecule has 84 valence electrons. The molecule has 0 radical (unpaired) electrons. The van der Waals surface area contributed by atoms with E-state index in [-0.39, 0.29) is 0 Å². The predicted molar refractivity (Wildman–Crippen MR) is 60.6 cm³/mol. The molecule has 1 N–H and O–H groups in total. The maximum atomic E-state index is 4.26. The van der Waals surface area contributed by atoms with Crippen LogP contribution in [0.2, 0.25) is 0 Å². The van der Waals surface area contributed by atoms with Crippen LogP contribution in [0.4, 0.5) is 0 Å². The van der Waals surface area contributed by atoms with E-state index in [4.69, 9.17) is 0 Å². The minimum Gasteiger partial charge on any atom is -0.307 e. The molecule has 1 fully saturated rings. The van der Waals surface area contributed by atoms with Gasteiger partial charge in [0, 0.05) is 31.9 Å². The summed E-state index contributed by atoms with van der Waals surface area (Å²) >= 11 is 0. The first-order valence-corrected chi connectivity index (χ1v) is 5.72. The first-order chi connectivity index (χ1) is 7.29. The van der Waals surface area contributed by atoms with Crippen molar-refractivity contribution in [2.45, 2.75) is 32.5 Å². The molecule has 1 aromatic heterocycles. The first kappa shape index (κ1) is 10.6. The van der Waals surface area contributed by atoms with E-state index in [0.717, 1.165) is 13.1 Å². The zero-order valence-corrected chi connectivity index (χ0v) is 9.61. The highest BCUT2D eigenvalue weighted by atomic mass is 15.3. The van der Waals surface area contributed by atoms with E-state index < -0.39 is 0 Å². The van der Waals surface area contributed by atoms with Crippen molar-refractivity contribution in [1.82, 2.24) is 20.0 Å². The van der Waals surface area contributed by atoms with Gasteiger partial charge in [0.05, 0.1) is 5.69 Å². The lowest BCUT2D eigenvalue weighted by atomic mass is 10.2. The third kappa shape index (κ3) is 2.58. The second kappa shape index (κ2) is 4.77. The Bertz CT molecular complexity index is 307. The van der Waals surface area contributed by atoms with E-state index in [0.29, 0.717) is 6.04 Å². The van der Waals surface area contributed by atoms with Gasteiger partial charge in [0.25, 0.3) is 0 Å². The van der Waals surface area contributed by atoms with Crippen LogP contribution in [-0.2, 0) is 13.1 Å². The zero-order chi connectivity index (χ0) is 10.7. The molecule has 4 nitrogen and oxygen atoms in total. The number of aryl methyl sites for hydroxylation is 1. The number of rotatable bonds is 4. The lowest BCUT2D eigenvalue weighted by molar-refractivity contribution is 0.396. The molecule has 4 heteroatoms. The lowest BCUT2D eigenvalue weighted by Crippen LogP contribution is -2.31. The lowest BCUT2D eigenvalue weighted by Gasteiger charge is -2.13. The average Bonchev–Trinajstić information content (AvgIpc) is 2.83. The van der Waals surface area contributed by atoms with Crippen LogP contribution < -0.4 is 5.32 Å².